The molecule has 8 nitrogen and oxygen atoms in total. The standard InChI is InChI=1S/C13H26N2O6/c1-3-20-9-6-15(7-10-21-4-2)13(19)14-11(5-8-16)12(17)18/h11,16H,3-10H2,1-2H3,(H,14,19)(H,17,18)/t11-/m0/s1. The Labute approximate surface area is 125 Å². The average Bonchev–Trinajstić information content (AvgIpc) is 2.45. The van der Waals surface area contributed by atoms with E-state index in [-0.39, 0.29) is 13.0 Å². The van der Waals surface area contributed by atoms with Crippen LogP contribution in [-0.4, -0.2) is 79.3 Å². The molecule has 0 aromatic heterocycles. The summed E-state index contributed by atoms with van der Waals surface area (Å²) in [6, 6.07) is -1.61. The lowest BCUT2D eigenvalue weighted by molar-refractivity contribution is -0.139. The van der Waals surface area contributed by atoms with Gasteiger partial charge in [-0.2, -0.15) is 0 Å². The van der Waals surface area contributed by atoms with Gasteiger partial charge in [-0.3, -0.25) is 0 Å². The number of amides is 2. The van der Waals surface area contributed by atoms with E-state index in [0.29, 0.717) is 39.5 Å². The number of aliphatic hydroxyl groups excluding tert-OH is 1. The monoisotopic (exact) mass is 306 g/mol. The minimum Gasteiger partial charge on any atom is -0.480 e. The Morgan fingerprint density at radius 3 is 2.05 bits per heavy atom. The van der Waals surface area contributed by atoms with Gasteiger partial charge in [0.05, 0.1) is 13.2 Å². The minimum atomic E-state index is -1.17. The third kappa shape index (κ3) is 9.22. The molecule has 0 fully saturated rings. The van der Waals surface area contributed by atoms with E-state index in [0.717, 1.165) is 0 Å². The number of aliphatic hydroxyl groups is 1. The van der Waals surface area contributed by atoms with Crippen molar-refractivity contribution in [1.82, 2.24) is 10.2 Å². The number of hydrogen-bond acceptors (Lipinski definition) is 5. The van der Waals surface area contributed by atoms with Crippen molar-refractivity contribution in [2.45, 2.75) is 26.3 Å². The lowest BCUT2D eigenvalue weighted by Crippen LogP contribution is -2.50. The van der Waals surface area contributed by atoms with E-state index in [9.17, 15) is 9.59 Å². The van der Waals surface area contributed by atoms with Crippen molar-refractivity contribution in [2.75, 3.05) is 46.1 Å². The Hall–Kier alpha value is -1.38. The summed E-state index contributed by atoms with van der Waals surface area (Å²) >= 11 is 0. The Bertz CT molecular complexity index is 290. The van der Waals surface area contributed by atoms with Gasteiger partial charge in [-0.25, -0.2) is 9.59 Å². The third-order valence-electron chi connectivity index (χ3n) is 2.72. The van der Waals surface area contributed by atoms with Crippen LogP contribution in [0.2, 0.25) is 0 Å². The summed E-state index contributed by atoms with van der Waals surface area (Å²) in [5.41, 5.74) is 0. The van der Waals surface area contributed by atoms with Crippen LogP contribution in [0.5, 0.6) is 0 Å². The van der Waals surface area contributed by atoms with Gasteiger partial charge in [-0.05, 0) is 13.8 Å². The maximum absolute atomic E-state index is 12.1. The van der Waals surface area contributed by atoms with E-state index in [4.69, 9.17) is 19.7 Å². The van der Waals surface area contributed by atoms with Crippen LogP contribution in [0.15, 0.2) is 0 Å². The summed E-state index contributed by atoms with van der Waals surface area (Å²) in [5.74, 6) is -1.17. The van der Waals surface area contributed by atoms with Crippen LogP contribution in [0.1, 0.15) is 20.3 Å². The van der Waals surface area contributed by atoms with Crippen LogP contribution in [-0.2, 0) is 14.3 Å². The van der Waals surface area contributed by atoms with E-state index in [1.807, 2.05) is 13.8 Å². The lowest BCUT2D eigenvalue weighted by Gasteiger charge is -2.25. The van der Waals surface area contributed by atoms with Gasteiger partial charge in [0.1, 0.15) is 6.04 Å². The first-order chi connectivity index (χ1) is 10.1. The van der Waals surface area contributed by atoms with Crippen LogP contribution >= 0.6 is 0 Å². The summed E-state index contributed by atoms with van der Waals surface area (Å²) in [5, 5.41) is 20.2. The smallest absolute Gasteiger partial charge is 0.326 e. The van der Waals surface area contributed by atoms with Crippen LogP contribution in [0.25, 0.3) is 0 Å². The lowest BCUT2D eigenvalue weighted by atomic mass is 10.2. The zero-order valence-corrected chi connectivity index (χ0v) is 12.7. The third-order valence-corrected chi connectivity index (χ3v) is 2.72. The predicted molar refractivity (Wildman–Crippen MR) is 76.2 cm³/mol. The molecule has 124 valence electrons. The van der Waals surface area contributed by atoms with Crippen molar-refractivity contribution in [3.63, 3.8) is 0 Å². The van der Waals surface area contributed by atoms with Crippen LogP contribution in [0.3, 0.4) is 0 Å². The average molecular weight is 306 g/mol. The quantitative estimate of drug-likeness (QED) is 0.435. The molecule has 0 saturated heterocycles. The van der Waals surface area contributed by atoms with Crippen LogP contribution in [0, 0.1) is 0 Å². The molecule has 0 bridgehead atoms. The Balaban J connectivity index is 4.47. The highest BCUT2D eigenvalue weighted by Gasteiger charge is 2.22. The van der Waals surface area contributed by atoms with Crippen LogP contribution < -0.4 is 5.32 Å². The summed E-state index contributed by atoms with van der Waals surface area (Å²) in [6.45, 7) is 5.91. The maximum Gasteiger partial charge on any atom is 0.326 e. The highest BCUT2D eigenvalue weighted by molar-refractivity contribution is 5.82. The minimum absolute atomic E-state index is 0.0359. The Morgan fingerprint density at radius 1 is 1.14 bits per heavy atom. The molecule has 0 aliphatic rings. The van der Waals surface area contributed by atoms with Gasteiger partial charge in [0.25, 0.3) is 0 Å². The first-order valence-corrected chi connectivity index (χ1v) is 7.11. The van der Waals surface area contributed by atoms with Gasteiger partial charge in [-0.1, -0.05) is 0 Å². The Morgan fingerprint density at radius 2 is 1.67 bits per heavy atom. The zero-order valence-electron chi connectivity index (χ0n) is 12.7. The fourth-order valence-corrected chi connectivity index (χ4v) is 1.58. The van der Waals surface area contributed by atoms with E-state index >= 15 is 0 Å². The first kappa shape index (κ1) is 19.6. The summed E-state index contributed by atoms with van der Waals surface area (Å²) < 4.78 is 10.4. The Kier molecular flexibility index (Phi) is 11.6. The first-order valence-electron chi connectivity index (χ1n) is 7.11. The number of carboxylic acid groups (broad SMARTS) is 1. The van der Waals surface area contributed by atoms with E-state index in [2.05, 4.69) is 5.32 Å². The SMILES string of the molecule is CCOCCN(CCOCC)C(=O)N[C@@H](CCO)C(=O)O. The number of carbonyl (C=O) groups is 2. The van der Waals surface area contributed by atoms with Crippen molar-refractivity contribution >= 4 is 12.0 Å². The van der Waals surface area contributed by atoms with E-state index in [1.54, 1.807) is 0 Å². The van der Waals surface area contributed by atoms with Gasteiger partial charge in [-0.15, -0.1) is 0 Å². The van der Waals surface area contributed by atoms with Crippen molar-refractivity contribution in [2.24, 2.45) is 0 Å². The molecule has 0 radical (unpaired) electrons. The maximum atomic E-state index is 12.1. The molecule has 0 rings (SSSR count). The largest absolute Gasteiger partial charge is 0.480 e. The fourth-order valence-electron chi connectivity index (χ4n) is 1.58. The summed E-state index contributed by atoms with van der Waals surface area (Å²) in [6.07, 6.45) is -0.0359. The number of hydrogen-bond donors (Lipinski definition) is 3. The molecule has 0 heterocycles. The highest BCUT2D eigenvalue weighted by atomic mass is 16.5. The molecule has 0 aliphatic carbocycles. The molecule has 0 unspecified atom stereocenters. The number of aliphatic carboxylic acids is 1. The van der Waals surface area contributed by atoms with Crippen molar-refractivity contribution in [1.29, 1.82) is 0 Å². The van der Waals surface area contributed by atoms with Crippen molar-refractivity contribution in [3.05, 3.63) is 0 Å². The molecule has 8 heteroatoms. The molecular weight excluding hydrogens is 280 g/mol. The van der Waals surface area contributed by atoms with E-state index in [1.165, 1.54) is 4.90 Å². The number of ether oxygens (including phenoxy) is 2. The number of carboxylic acids is 1. The van der Waals surface area contributed by atoms with Gasteiger partial charge >= 0.3 is 12.0 Å². The summed E-state index contributed by atoms with van der Waals surface area (Å²) in [7, 11) is 0. The number of urea groups is 1. The molecule has 0 spiro atoms. The zero-order chi connectivity index (χ0) is 16.1. The number of rotatable bonds is 12. The second-order valence-corrected chi connectivity index (χ2v) is 4.23. The van der Waals surface area contributed by atoms with E-state index < -0.39 is 18.0 Å². The van der Waals surface area contributed by atoms with Crippen LogP contribution in [0.4, 0.5) is 4.79 Å². The molecule has 0 aliphatic heterocycles. The summed E-state index contributed by atoms with van der Waals surface area (Å²) in [4.78, 5) is 24.5. The van der Waals surface area contributed by atoms with Gasteiger partial charge in [0.15, 0.2) is 0 Å². The molecular formula is C13H26N2O6. The fraction of sp³-hybridized carbons (Fsp3) is 0.846. The van der Waals surface area contributed by atoms with Gasteiger partial charge in [0.2, 0.25) is 0 Å². The van der Waals surface area contributed by atoms with Crippen molar-refractivity contribution < 1.29 is 29.3 Å². The molecule has 0 aromatic carbocycles. The number of nitrogens with zero attached hydrogens (tertiary/aromatic N) is 1. The predicted octanol–water partition coefficient (Wildman–Crippen LogP) is -0.0934. The van der Waals surface area contributed by atoms with Gasteiger partial charge in [0, 0.05) is 39.3 Å². The molecule has 1 atom stereocenters. The molecule has 0 saturated carbocycles. The molecule has 3 N–H and O–H groups in total. The highest BCUT2D eigenvalue weighted by Crippen LogP contribution is 1.97. The van der Waals surface area contributed by atoms with Crippen molar-refractivity contribution in [3.8, 4) is 0 Å². The number of nitrogens with one attached hydrogen (secondary N) is 1. The molecule has 2 amide bonds. The number of carbonyl (C=O) groups excluding carboxylic acids is 1. The second-order valence-electron chi connectivity index (χ2n) is 4.23. The molecule has 21 heavy (non-hydrogen) atoms. The van der Waals surface area contributed by atoms with Gasteiger partial charge < -0.3 is 29.9 Å². The second kappa shape index (κ2) is 12.4. The topological polar surface area (TPSA) is 108 Å². The molecule has 0 aromatic rings. The normalized spacial score (nSPS) is 12.0.